The number of non-ortho nitro benzene ring substituents is 1. The molecule has 5 nitrogen and oxygen atoms in total. The summed E-state index contributed by atoms with van der Waals surface area (Å²) in [5.41, 5.74) is 2.77. The van der Waals surface area contributed by atoms with Crippen molar-refractivity contribution >= 4 is 32.4 Å². The minimum absolute atomic E-state index is 0.0895. The molecule has 0 radical (unpaired) electrons. The molecule has 3 aromatic rings. The van der Waals surface area contributed by atoms with Gasteiger partial charge in [0, 0.05) is 12.6 Å². The average Bonchev–Trinajstić information content (AvgIpc) is 2.97. The first kappa shape index (κ1) is 15.4. The van der Waals surface area contributed by atoms with Crippen LogP contribution in [-0.2, 0) is 12.8 Å². The molecule has 6 heteroatoms. The Labute approximate surface area is 138 Å². The molecule has 0 aliphatic carbocycles. The third kappa shape index (κ3) is 3.48. The summed E-state index contributed by atoms with van der Waals surface area (Å²) in [6.07, 6.45) is 1.66. The highest BCUT2D eigenvalue weighted by Gasteiger charge is 2.17. The molecule has 2 aromatic carbocycles. The zero-order valence-corrected chi connectivity index (χ0v) is 13.6. The van der Waals surface area contributed by atoms with Crippen molar-refractivity contribution in [3.05, 3.63) is 63.7 Å². The van der Waals surface area contributed by atoms with Crippen LogP contribution in [-0.4, -0.2) is 16.5 Å². The van der Waals surface area contributed by atoms with Crippen molar-refractivity contribution in [1.82, 2.24) is 4.98 Å². The number of nitro benzene ring substituents is 1. The summed E-state index contributed by atoms with van der Waals surface area (Å²) in [5.74, 6) is 0. The summed E-state index contributed by atoms with van der Waals surface area (Å²) in [4.78, 5) is 15.3. The normalized spacial score (nSPS) is 10.8. The van der Waals surface area contributed by atoms with E-state index in [1.54, 1.807) is 6.07 Å². The molecule has 0 spiro atoms. The number of nitrogens with one attached hydrogen (secondary N) is 1. The lowest BCUT2D eigenvalue weighted by molar-refractivity contribution is -0.383. The van der Waals surface area contributed by atoms with Gasteiger partial charge < -0.3 is 5.32 Å². The molecular formula is C17H17N3O2S. The standard InChI is InChI=1S/C17H17N3O2S/c1-2-12-10-14(20(21)22)16-15(11-12)23-17(19-16)18-9-8-13-6-4-3-5-7-13/h3-7,10-11H,2,8-9H2,1H3,(H,18,19). The van der Waals surface area contributed by atoms with Gasteiger partial charge in [-0.2, -0.15) is 0 Å². The highest BCUT2D eigenvalue weighted by molar-refractivity contribution is 7.22. The first-order valence-corrected chi connectivity index (χ1v) is 8.34. The number of aryl methyl sites for hydroxylation is 1. The quantitative estimate of drug-likeness (QED) is 0.537. The maximum atomic E-state index is 11.2. The molecule has 0 fully saturated rings. The predicted octanol–water partition coefficient (Wildman–Crippen LogP) is 4.42. The van der Waals surface area contributed by atoms with Crippen LogP contribution in [0.2, 0.25) is 0 Å². The fourth-order valence-corrected chi connectivity index (χ4v) is 3.42. The number of nitrogens with zero attached hydrogens (tertiary/aromatic N) is 2. The second kappa shape index (κ2) is 6.75. The topological polar surface area (TPSA) is 68.1 Å². The van der Waals surface area contributed by atoms with Crippen molar-refractivity contribution in [2.75, 3.05) is 11.9 Å². The van der Waals surface area contributed by atoms with Gasteiger partial charge in [0.05, 0.1) is 9.62 Å². The van der Waals surface area contributed by atoms with Gasteiger partial charge in [0.2, 0.25) is 0 Å². The Hall–Kier alpha value is -2.47. The van der Waals surface area contributed by atoms with E-state index in [0.29, 0.717) is 5.52 Å². The lowest BCUT2D eigenvalue weighted by Gasteiger charge is -2.02. The van der Waals surface area contributed by atoms with E-state index < -0.39 is 0 Å². The highest BCUT2D eigenvalue weighted by Crippen LogP contribution is 2.33. The van der Waals surface area contributed by atoms with Gasteiger partial charge in [-0.05, 0) is 30.0 Å². The van der Waals surface area contributed by atoms with Crippen LogP contribution in [0.25, 0.3) is 10.2 Å². The minimum atomic E-state index is -0.352. The van der Waals surface area contributed by atoms with Crippen LogP contribution in [0.1, 0.15) is 18.1 Å². The van der Waals surface area contributed by atoms with Gasteiger partial charge >= 0.3 is 0 Å². The number of benzene rings is 2. The lowest BCUT2D eigenvalue weighted by Crippen LogP contribution is -2.04. The number of nitro groups is 1. The van der Waals surface area contributed by atoms with E-state index in [-0.39, 0.29) is 10.6 Å². The summed E-state index contributed by atoms with van der Waals surface area (Å²) >= 11 is 1.47. The third-order valence-corrected chi connectivity index (χ3v) is 4.63. The number of rotatable bonds is 6. The fourth-order valence-electron chi connectivity index (χ4n) is 2.44. The molecule has 0 unspecified atom stereocenters. The molecule has 0 aliphatic heterocycles. The summed E-state index contributed by atoms with van der Waals surface area (Å²) in [7, 11) is 0. The van der Waals surface area contributed by atoms with E-state index in [2.05, 4.69) is 22.4 Å². The molecular weight excluding hydrogens is 310 g/mol. The van der Waals surface area contributed by atoms with E-state index in [0.717, 1.165) is 34.8 Å². The van der Waals surface area contributed by atoms with E-state index in [9.17, 15) is 10.1 Å². The van der Waals surface area contributed by atoms with Crippen LogP contribution >= 0.6 is 11.3 Å². The molecule has 118 valence electrons. The van der Waals surface area contributed by atoms with Crippen molar-refractivity contribution in [3.8, 4) is 0 Å². The largest absolute Gasteiger partial charge is 0.361 e. The molecule has 1 N–H and O–H groups in total. The van der Waals surface area contributed by atoms with Gasteiger partial charge in [-0.1, -0.05) is 48.6 Å². The number of anilines is 1. The first-order valence-electron chi connectivity index (χ1n) is 7.53. The van der Waals surface area contributed by atoms with Gasteiger partial charge in [0.1, 0.15) is 0 Å². The SMILES string of the molecule is CCc1cc([N+](=O)[O-])c2nc(NCCc3ccccc3)sc2c1. The van der Waals surface area contributed by atoms with E-state index >= 15 is 0 Å². The average molecular weight is 327 g/mol. The first-order chi connectivity index (χ1) is 11.2. The predicted molar refractivity (Wildman–Crippen MR) is 94.3 cm³/mol. The smallest absolute Gasteiger partial charge is 0.296 e. The van der Waals surface area contributed by atoms with E-state index in [4.69, 9.17) is 0 Å². The zero-order chi connectivity index (χ0) is 16.2. The number of hydrogen-bond acceptors (Lipinski definition) is 5. The van der Waals surface area contributed by atoms with Crippen molar-refractivity contribution in [3.63, 3.8) is 0 Å². The van der Waals surface area contributed by atoms with Crippen LogP contribution in [0, 0.1) is 10.1 Å². The molecule has 0 bridgehead atoms. The maximum Gasteiger partial charge on any atom is 0.296 e. The van der Waals surface area contributed by atoms with Crippen LogP contribution in [0.15, 0.2) is 42.5 Å². The van der Waals surface area contributed by atoms with Crippen molar-refractivity contribution < 1.29 is 4.92 Å². The third-order valence-electron chi connectivity index (χ3n) is 3.67. The Bertz CT molecular complexity index is 830. The second-order valence-corrected chi connectivity index (χ2v) is 6.28. The summed E-state index contributed by atoms with van der Waals surface area (Å²) in [5, 5.41) is 15.2. The molecule has 1 heterocycles. The number of thiazole rings is 1. The highest BCUT2D eigenvalue weighted by atomic mass is 32.1. The van der Waals surface area contributed by atoms with E-state index in [1.807, 2.05) is 31.2 Å². The molecule has 3 rings (SSSR count). The zero-order valence-electron chi connectivity index (χ0n) is 12.8. The van der Waals surface area contributed by atoms with Gasteiger partial charge in [-0.3, -0.25) is 10.1 Å². The van der Waals surface area contributed by atoms with Crippen LogP contribution in [0.5, 0.6) is 0 Å². The summed E-state index contributed by atoms with van der Waals surface area (Å²) in [6.45, 7) is 2.74. The Kier molecular flexibility index (Phi) is 4.52. The number of aromatic nitrogens is 1. The van der Waals surface area contributed by atoms with Crippen molar-refractivity contribution in [2.24, 2.45) is 0 Å². The number of hydrogen-bond donors (Lipinski definition) is 1. The molecule has 0 aliphatic rings. The molecule has 0 saturated heterocycles. The molecule has 0 saturated carbocycles. The monoisotopic (exact) mass is 327 g/mol. The van der Waals surface area contributed by atoms with Gasteiger partial charge in [0.15, 0.2) is 10.6 Å². The molecule has 0 atom stereocenters. The van der Waals surface area contributed by atoms with Gasteiger partial charge in [-0.15, -0.1) is 0 Å². The lowest BCUT2D eigenvalue weighted by atomic mass is 10.1. The van der Waals surface area contributed by atoms with Crippen LogP contribution in [0.3, 0.4) is 0 Å². The van der Waals surface area contributed by atoms with E-state index in [1.165, 1.54) is 16.9 Å². The Morgan fingerprint density at radius 3 is 2.70 bits per heavy atom. The molecule has 1 aromatic heterocycles. The number of fused-ring (bicyclic) bond motifs is 1. The minimum Gasteiger partial charge on any atom is -0.361 e. The van der Waals surface area contributed by atoms with Crippen LogP contribution < -0.4 is 5.32 Å². The Balaban J connectivity index is 1.79. The molecule has 0 amide bonds. The summed E-state index contributed by atoms with van der Waals surface area (Å²) < 4.78 is 0.860. The second-order valence-electron chi connectivity index (χ2n) is 5.25. The van der Waals surface area contributed by atoms with Gasteiger partial charge in [-0.25, -0.2) is 4.98 Å². The van der Waals surface area contributed by atoms with Crippen LogP contribution in [0.4, 0.5) is 10.8 Å². The van der Waals surface area contributed by atoms with Crippen molar-refractivity contribution in [1.29, 1.82) is 0 Å². The Morgan fingerprint density at radius 2 is 2.00 bits per heavy atom. The summed E-state index contributed by atoms with van der Waals surface area (Å²) in [6, 6.07) is 13.8. The molecule has 23 heavy (non-hydrogen) atoms. The Morgan fingerprint density at radius 1 is 1.22 bits per heavy atom. The van der Waals surface area contributed by atoms with Gasteiger partial charge in [0.25, 0.3) is 5.69 Å². The fraction of sp³-hybridized carbons (Fsp3) is 0.235. The van der Waals surface area contributed by atoms with Crippen molar-refractivity contribution in [2.45, 2.75) is 19.8 Å². The maximum absolute atomic E-state index is 11.2.